The largest absolute Gasteiger partial charge is 0.483 e. The van der Waals surface area contributed by atoms with E-state index in [4.69, 9.17) is 9.47 Å². The van der Waals surface area contributed by atoms with Gasteiger partial charge in [0.25, 0.3) is 5.91 Å². The van der Waals surface area contributed by atoms with Crippen LogP contribution in [0.5, 0.6) is 5.75 Å². The molecular formula is C19H29NO4. The number of rotatable bonds is 6. The van der Waals surface area contributed by atoms with Crippen LogP contribution in [0.15, 0.2) is 18.2 Å². The third-order valence-corrected chi connectivity index (χ3v) is 3.56. The Kier molecular flexibility index (Phi) is 6.81. The lowest BCUT2D eigenvalue weighted by molar-refractivity contribution is -0.160. The highest BCUT2D eigenvalue weighted by atomic mass is 16.6. The SMILES string of the molecule is Cc1cccc(OCC(=O)NC(C(=O)OC(C)(C)C)C(C)C)c1C. The molecule has 1 aromatic carbocycles. The molecule has 0 saturated carbocycles. The van der Waals surface area contributed by atoms with Crippen LogP contribution in [0.4, 0.5) is 0 Å². The molecule has 0 radical (unpaired) electrons. The maximum absolute atomic E-state index is 12.2. The monoisotopic (exact) mass is 335 g/mol. The van der Waals surface area contributed by atoms with E-state index in [0.717, 1.165) is 11.1 Å². The highest BCUT2D eigenvalue weighted by molar-refractivity contribution is 5.85. The van der Waals surface area contributed by atoms with E-state index in [1.807, 2.05) is 45.9 Å². The van der Waals surface area contributed by atoms with Crippen LogP contribution in [0.2, 0.25) is 0 Å². The van der Waals surface area contributed by atoms with Gasteiger partial charge in [-0.1, -0.05) is 26.0 Å². The molecule has 0 aliphatic heterocycles. The smallest absolute Gasteiger partial charge is 0.329 e. The molecule has 1 N–H and O–H groups in total. The van der Waals surface area contributed by atoms with Crippen molar-refractivity contribution >= 4 is 11.9 Å². The number of nitrogens with one attached hydrogen (secondary N) is 1. The molecule has 1 unspecified atom stereocenters. The van der Waals surface area contributed by atoms with Gasteiger partial charge in [0, 0.05) is 0 Å². The number of carbonyl (C=O) groups is 2. The van der Waals surface area contributed by atoms with Gasteiger partial charge in [-0.05, 0) is 57.7 Å². The molecular weight excluding hydrogens is 306 g/mol. The third kappa shape index (κ3) is 6.22. The third-order valence-electron chi connectivity index (χ3n) is 3.56. The molecule has 5 nitrogen and oxygen atoms in total. The van der Waals surface area contributed by atoms with Gasteiger partial charge in [-0.2, -0.15) is 0 Å². The first-order valence-corrected chi connectivity index (χ1v) is 8.22. The second-order valence-electron chi connectivity index (χ2n) is 7.31. The van der Waals surface area contributed by atoms with Crippen LogP contribution in [0.1, 0.15) is 45.7 Å². The number of hydrogen-bond donors (Lipinski definition) is 1. The minimum atomic E-state index is -0.695. The van der Waals surface area contributed by atoms with Gasteiger partial charge in [0.1, 0.15) is 17.4 Å². The summed E-state index contributed by atoms with van der Waals surface area (Å²) >= 11 is 0. The maximum Gasteiger partial charge on any atom is 0.329 e. The number of amides is 1. The maximum atomic E-state index is 12.2. The Morgan fingerprint density at radius 3 is 2.33 bits per heavy atom. The minimum Gasteiger partial charge on any atom is -0.483 e. The van der Waals surface area contributed by atoms with Crippen molar-refractivity contribution in [2.24, 2.45) is 5.92 Å². The van der Waals surface area contributed by atoms with E-state index in [0.29, 0.717) is 5.75 Å². The van der Waals surface area contributed by atoms with E-state index in [1.165, 1.54) is 0 Å². The van der Waals surface area contributed by atoms with Crippen molar-refractivity contribution in [2.45, 2.75) is 60.1 Å². The number of aryl methyl sites for hydroxylation is 1. The van der Waals surface area contributed by atoms with Crippen LogP contribution in [-0.2, 0) is 14.3 Å². The molecule has 0 aliphatic rings. The van der Waals surface area contributed by atoms with Crippen LogP contribution < -0.4 is 10.1 Å². The molecule has 0 fully saturated rings. The van der Waals surface area contributed by atoms with Crippen LogP contribution in [0.25, 0.3) is 0 Å². The molecule has 1 rings (SSSR count). The fraction of sp³-hybridized carbons (Fsp3) is 0.579. The van der Waals surface area contributed by atoms with E-state index in [9.17, 15) is 9.59 Å². The van der Waals surface area contributed by atoms with Gasteiger partial charge in [0.05, 0.1) is 0 Å². The van der Waals surface area contributed by atoms with Gasteiger partial charge in [-0.15, -0.1) is 0 Å². The summed E-state index contributed by atoms with van der Waals surface area (Å²) in [6.45, 7) is 12.9. The predicted molar refractivity (Wildman–Crippen MR) is 94.0 cm³/mol. The fourth-order valence-electron chi connectivity index (χ4n) is 2.10. The lowest BCUT2D eigenvalue weighted by atomic mass is 10.0. The van der Waals surface area contributed by atoms with Crippen molar-refractivity contribution in [1.29, 1.82) is 0 Å². The summed E-state index contributed by atoms with van der Waals surface area (Å²) in [7, 11) is 0. The van der Waals surface area contributed by atoms with Gasteiger partial charge in [-0.3, -0.25) is 4.79 Å². The second kappa shape index (κ2) is 8.18. The first-order valence-electron chi connectivity index (χ1n) is 8.22. The quantitative estimate of drug-likeness (QED) is 0.811. The van der Waals surface area contributed by atoms with Gasteiger partial charge < -0.3 is 14.8 Å². The summed E-state index contributed by atoms with van der Waals surface area (Å²) in [6, 6.07) is 5.00. The zero-order chi connectivity index (χ0) is 18.5. The zero-order valence-corrected chi connectivity index (χ0v) is 15.7. The van der Waals surface area contributed by atoms with Crippen molar-refractivity contribution in [3.05, 3.63) is 29.3 Å². The first-order chi connectivity index (χ1) is 11.0. The lowest BCUT2D eigenvalue weighted by Gasteiger charge is -2.26. The predicted octanol–water partition coefficient (Wildman–Crippen LogP) is 3.16. The minimum absolute atomic E-state index is 0.0792. The average Bonchev–Trinajstić information content (AvgIpc) is 2.44. The molecule has 0 heterocycles. The summed E-state index contributed by atoms with van der Waals surface area (Å²) < 4.78 is 10.9. The Hall–Kier alpha value is -2.04. The van der Waals surface area contributed by atoms with E-state index >= 15 is 0 Å². The molecule has 1 aromatic rings. The lowest BCUT2D eigenvalue weighted by Crippen LogP contribution is -2.48. The van der Waals surface area contributed by atoms with Gasteiger partial charge in [-0.25, -0.2) is 4.79 Å². The summed E-state index contributed by atoms with van der Waals surface area (Å²) in [5, 5.41) is 2.70. The summed E-state index contributed by atoms with van der Waals surface area (Å²) in [5.41, 5.74) is 1.50. The Morgan fingerprint density at radius 2 is 1.79 bits per heavy atom. The number of hydrogen-bond acceptors (Lipinski definition) is 4. The van der Waals surface area contributed by atoms with Gasteiger partial charge in [0.15, 0.2) is 6.61 Å². The molecule has 1 atom stereocenters. The molecule has 134 valence electrons. The molecule has 24 heavy (non-hydrogen) atoms. The van der Waals surface area contributed by atoms with Crippen molar-refractivity contribution in [2.75, 3.05) is 6.61 Å². The molecule has 0 bridgehead atoms. The topological polar surface area (TPSA) is 64.6 Å². The van der Waals surface area contributed by atoms with Crippen LogP contribution >= 0.6 is 0 Å². The van der Waals surface area contributed by atoms with E-state index in [-0.39, 0.29) is 18.4 Å². The van der Waals surface area contributed by atoms with E-state index < -0.39 is 17.6 Å². The summed E-state index contributed by atoms with van der Waals surface area (Å²) in [5.74, 6) is -0.189. The van der Waals surface area contributed by atoms with Gasteiger partial charge >= 0.3 is 5.97 Å². The van der Waals surface area contributed by atoms with Crippen LogP contribution in [0, 0.1) is 19.8 Å². The molecule has 0 aromatic heterocycles. The summed E-state index contributed by atoms with van der Waals surface area (Å²) in [6.07, 6.45) is 0. The number of esters is 1. The molecule has 1 amide bonds. The highest BCUT2D eigenvalue weighted by Gasteiger charge is 2.29. The summed E-state index contributed by atoms with van der Waals surface area (Å²) in [4.78, 5) is 24.4. The van der Waals surface area contributed by atoms with E-state index in [2.05, 4.69) is 5.32 Å². The number of carbonyl (C=O) groups excluding carboxylic acids is 2. The number of ether oxygens (including phenoxy) is 2. The molecule has 5 heteroatoms. The van der Waals surface area contributed by atoms with Crippen LogP contribution in [-0.4, -0.2) is 30.1 Å². The van der Waals surface area contributed by atoms with Crippen molar-refractivity contribution in [3.63, 3.8) is 0 Å². The molecule has 0 aliphatic carbocycles. The van der Waals surface area contributed by atoms with E-state index in [1.54, 1.807) is 20.8 Å². The molecule has 0 saturated heterocycles. The Labute approximate surface area is 144 Å². The first kappa shape index (κ1) is 20.0. The Morgan fingerprint density at radius 1 is 1.17 bits per heavy atom. The average molecular weight is 335 g/mol. The fourth-order valence-corrected chi connectivity index (χ4v) is 2.10. The van der Waals surface area contributed by atoms with Crippen molar-refractivity contribution in [1.82, 2.24) is 5.32 Å². The zero-order valence-electron chi connectivity index (χ0n) is 15.7. The van der Waals surface area contributed by atoms with Gasteiger partial charge in [0.2, 0.25) is 0 Å². The van der Waals surface area contributed by atoms with Crippen LogP contribution in [0.3, 0.4) is 0 Å². The Balaban J connectivity index is 2.66. The number of benzene rings is 1. The highest BCUT2D eigenvalue weighted by Crippen LogP contribution is 2.20. The van der Waals surface area contributed by atoms with Crippen molar-refractivity contribution < 1.29 is 19.1 Å². The van der Waals surface area contributed by atoms with Crippen molar-refractivity contribution in [3.8, 4) is 5.75 Å². The standard InChI is InChI=1S/C19H29NO4/c1-12(2)17(18(22)24-19(5,6)7)20-16(21)11-23-15-10-8-9-13(3)14(15)4/h8-10,12,17H,11H2,1-7H3,(H,20,21). The normalized spacial score (nSPS) is 12.7. The molecule has 0 spiro atoms. The Bertz CT molecular complexity index is 588. The second-order valence-corrected chi connectivity index (χ2v) is 7.31.